The van der Waals surface area contributed by atoms with E-state index in [1.54, 1.807) is 53.1 Å². The number of fused-ring (bicyclic) bond motifs is 1. The fourth-order valence-corrected chi connectivity index (χ4v) is 5.37. The van der Waals surface area contributed by atoms with E-state index in [9.17, 15) is 26.4 Å². The Bertz CT molecular complexity index is 1850. The van der Waals surface area contributed by atoms with Gasteiger partial charge in [0, 0.05) is 60.4 Å². The molecule has 2 aromatic carbocycles. The van der Waals surface area contributed by atoms with E-state index in [2.05, 4.69) is 9.71 Å². The van der Waals surface area contributed by atoms with Crippen LogP contribution >= 0.6 is 11.6 Å². The van der Waals surface area contributed by atoms with Gasteiger partial charge in [-0.2, -0.15) is 17.4 Å². The number of aromatic amines is 1. The molecule has 0 aliphatic carbocycles. The molecule has 0 spiro atoms. The summed E-state index contributed by atoms with van der Waals surface area (Å²) in [4.78, 5) is 28.8. The second-order valence-corrected chi connectivity index (χ2v) is 13.2. The first-order valence-corrected chi connectivity index (χ1v) is 15.2. The summed E-state index contributed by atoms with van der Waals surface area (Å²) in [6.07, 6.45) is 2.31. The monoisotopic (exact) mass is 591 g/mol. The molecule has 3 N–H and O–H groups in total. The smallest absolute Gasteiger partial charge is 0.282 e. The zero-order valence-corrected chi connectivity index (χ0v) is 23.6. The lowest BCUT2D eigenvalue weighted by atomic mass is 10.0. The number of carbonyl (C=O) groups is 1. The van der Waals surface area contributed by atoms with E-state index < -0.39 is 31.7 Å². The number of nitrogens with zero attached hydrogens (tertiary/aromatic N) is 2. The highest BCUT2D eigenvalue weighted by molar-refractivity contribution is 7.89. The Hall–Kier alpha value is -3.49. The highest BCUT2D eigenvalue weighted by Crippen LogP contribution is 2.36. The predicted octanol–water partition coefficient (Wildman–Crippen LogP) is 2.28. The van der Waals surface area contributed by atoms with Crippen LogP contribution in [0.4, 0.5) is 0 Å². The highest BCUT2D eigenvalue weighted by Gasteiger charge is 2.27. The molecule has 0 fully saturated rings. The van der Waals surface area contributed by atoms with Gasteiger partial charge >= 0.3 is 0 Å². The molecule has 11 nitrogen and oxygen atoms in total. The first-order chi connectivity index (χ1) is 18.3. The van der Waals surface area contributed by atoms with Gasteiger partial charge in [-0.1, -0.05) is 35.9 Å². The number of halogens is 1. The van der Waals surface area contributed by atoms with Crippen LogP contribution in [0.1, 0.15) is 21.6 Å². The van der Waals surface area contributed by atoms with Crippen molar-refractivity contribution < 1.29 is 21.6 Å². The van der Waals surface area contributed by atoms with Crippen molar-refractivity contribution in [1.29, 1.82) is 0 Å². The van der Waals surface area contributed by atoms with E-state index in [0.717, 1.165) is 10.6 Å². The molecule has 4 rings (SSSR count). The van der Waals surface area contributed by atoms with Crippen LogP contribution in [0.5, 0.6) is 0 Å². The van der Waals surface area contributed by atoms with Crippen LogP contribution in [0.2, 0.25) is 5.02 Å². The lowest BCUT2D eigenvalue weighted by Crippen LogP contribution is -2.35. The van der Waals surface area contributed by atoms with Crippen molar-refractivity contribution in [3.63, 3.8) is 0 Å². The van der Waals surface area contributed by atoms with Crippen LogP contribution in [0, 0.1) is 0 Å². The molecule has 0 radical (unpaired) electrons. The number of H-pyrrole nitrogens is 1. The molecule has 1 amide bonds. The molecular formula is C25H26ClN5O6S2. The van der Waals surface area contributed by atoms with Crippen LogP contribution < -0.4 is 15.0 Å². The van der Waals surface area contributed by atoms with Crippen molar-refractivity contribution in [2.75, 3.05) is 20.4 Å². The number of sulfonamides is 1. The summed E-state index contributed by atoms with van der Waals surface area (Å²) in [5.74, 6) is -0.919. The number of hydrogen-bond acceptors (Lipinski definition) is 6. The minimum absolute atomic E-state index is 0.0302. The number of amides is 1. The number of carbonyl (C=O) groups excluding carboxylic acids is 1. The fraction of sp³-hybridized carbons (Fsp3) is 0.200. The molecule has 0 aliphatic rings. The average Bonchev–Trinajstić information content (AvgIpc) is 3.15. The molecule has 206 valence electrons. The summed E-state index contributed by atoms with van der Waals surface area (Å²) in [5.41, 5.74) is 1.77. The zero-order valence-electron chi connectivity index (χ0n) is 21.2. The van der Waals surface area contributed by atoms with Crippen LogP contribution in [-0.4, -0.2) is 57.0 Å². The van der Waals surface area contributed by atoms with Gasteiger partial charge in [-0.15, -0.1) is 0 Å². The summed E-state index contributed by atoms with van der Waals surface area (Å²) in [6, 6.07) is 15.1. The molecule has 2 heterocycles. The molecule has 39 heavy (non-hydrogen) atoms. The Morgan fingerprint density at radius 1 is 1.03 bits per heavy atom. The van der Waals surface area contributed by atoms with Crippen molar-refractivity contribution in [2.24, 2.45) is 0 Å². The molecule has 0 atom stereocenters. The number of aromatic nitrogens is 2. The Balaban J connectivity index is 1.90. The molecule has 2 aromatic heterocycles. The normalized spacial score (nSPS) is 12.2. The van der Waals surface area contributed by atoms with Gasteiger partial charge in [0.05, 0.1) is 6.26 Å². The van der Waals surface area contributed by atoms with Gasteiger partial charge in [0.25, 0.3) is 21.7 Å². The van der Waals surface area contributed by atoms with Crippen molar-refractivity contribution >= 4 is 48.6 Å². The largest absolute Gasteiger partial charge is 0.331 e. The molecule has 0 saturated carbocycles. The molecule has 0 aliphatic heterocycles. The van der Waals surface area contributed by atoms with Gasteiger partial charge in [0.15, 0.2) is 0 Å². The summed E-state index contributed by atoms with van der Waals surface area (Å²) >= 11 is 6.29. The standard InChI is InChI=1S/C25H26ClN5O6S2/c1-30(2)39(36,37)28-14-16-6-4-7-17(12-16)15-31-21-10-9-18(26)13-20(21)22(19-8-5-11-27-24(19)32)23(31)25(33)29-38(3,34)35/h4-13,28H,14-15H2,1-3H3,(H,27,32)(H,29,33). The van der Waals surface area contributed by atoms with Crippen LogP contribution in [0.3, 0.4) is 0 Å². The van der Waals surface area contributed by atoms with E-state index >= 15 is 0 Å². The van der Waals surface area contributed by atoms with E-state index in [-0.39, 0.29) is 29.9 Å². The minimum atomic E-state index is -3.94. The highest BCUT2D eigenvalue weighted by atomic mass is 35.5. The van der Waals surface area contributed by atoms with E-state index in [4.69, 9.17) is 11.6 Å². The first-order valence-electron chi connectivity index (χ1n) is 11.5. The van der Waals surface area contributed by atoms with Gasteiger partial charge in [-0.25, -0.2) is 13.1 Å². The van der Waals surface area contributed by atoms with Crippen molar-refractivity contribution in [1.82, 2.24) is 23.3 Å². The number of benzene rings is 2. The second kappa shape index (κ2) is 10.9. The third-order valence-electron chi connectivity index (χ3n) is 5.88. The Labute approximate surface area is 230 Å². The number of rotatable bonds is 9. The Morgan fingerprint density at radius 3 is 2.41 bits per heavy atom. The van der Waals surface area contributed by atoms with E-state index in [1.165, 1.54) is 26.4 Å². The van der Waals surface area contributed by atoms with E-state index in [1.807, 2.05) is 4.72 Å². The first kappa shape index (κ1) is 28.5. The number of pyridine rings is 1. The fourth-order valence-electron chi connectivity index (χ4n) is 4.16. The molecular weight excluding hydrogens is 566 g/mol. The topological polar surface area (TPSA) is 150 Å². The minimum Gasteiger partial charge on any atom is -0.331 e. The maximum absolute atomic E-state index is 13.4. The summed E-state index contributed by atoms with van der Waals surface area (Å²) < 4.78 is 55.5. The predicted molar refractivity (Wildman–Crippen MR) is 150 cm³/mol. The quantitative estimate of drug-likeness (QED) is 0.272. The zero-order chi connectivity index (χ0) is 28.5. The summed E-state index contributed by atoms with van der Waals surface area (Å²) in [7, 11) is -4.75. The van der Waals surface area contributed by atoms with Gasteiger partial charge < -0.3 is 9.55 Å². The molecule has 14 heteroatoms. The lowest BCUT2D eigenvalue weighted by molar-refractivity contribution is 0.0974. The van der Waals surface area contributed by atoms with Gasteiger partial charge in [0.2, 0.25) is 10.0 Å². The third kappa shape index (κ3) is 6.40. The van der Waals surface area contributed by atoms with Crippen LogP contribution in [0.15, 0.2) is 65.6 Å². The van der Waals surface area contributed by atoms with E-state index in [0.29, 0.717) is 27.1 Å². The molecule has 4 aromatic rings. The van der Waals surface area contributed by atoms with Gasteiger partial charge in [-0.05, 0) is 41.5 Å². The third-order valence-corrected chi connectivity index (χ3v) is 8.14. The maximum Gasteiger partial charge on any atom is 0.282 e. The SMILES string of the molecule is CN(C)S(=O)(=O)NCc1cccc(Cn2c(C(=O)NS(C)(=O)=O)c(-c3ccc[nH]c3=O)c3cc(Cl)ccc32)c1. The Kier molecular flexibility index (Phi) is 8.00. The molecule has 0 saturated heterocycles. The van der Waals surface area contributed by atoms with Crippen molar-refractivity contribution in [3.05, 3.63) is 93.0 Å². The Morgan fingerprint density at radius 2 is 1.74 bits per heavy atom. The summed E-state index contributed by atoms with van der Waals surface area (Å²) in [5, 5.41) is 0.839. The van der Waals surface area contributed by atoms with Crippen LogP contribution in [-0.2, 0) is 33.3 Å². The number of hydrogen-bond donors (Lipinski definition) is 3. The summed E-state index contributed by atoms with van der Waals surface area (Å²) in [6.45, 7) is 0.131. The van der Waals surface area contributed by atoms with Crippen LogP contribution in [0.25, 0.3) is 22.0 Å². The molecule has 0 unspecified atom stereocenters. The average molecular weight is 592 g/mol. The van der Waals surface area contributed by atoms with Gasteiger partial charge in [-0.3, -0.25) is 9.59 Å². The van der Waals surface area contributed by atoms with Crippen molar-refractivity contribution in [2.45, 2.75) is 13.1 Å². The van der Waals surface area contributed by atoms with Crippen molar-refractivity contribution in [3.8, 4) is 11.1 Å². The molecule has 0 bridgehead atoms. The maximum atomic E-state index is 13.4. The number of nitrogens with one attached hydrogen (secondary N) is 3. The second-order valence-electron chi connectivity index (χ2n) is 9.02. The lowest BCUT2D eigenvalue weighted by Gasteiger charge is -2.14. The van der Waals surface area contributed by atoms with Gasteiger partial charge in [0.1, 0.15) is 5.69 Å².